The quantitative estimate of drug-likeness (QED) is 0.552. The van der Waals surface area contributed by atoms with Gasteiger partial charge in [0.05, 0.1) is 26.6 Å². The lowest BCUT2D eigenvalue weighted by Crippen LogP contribution is -2.15. The van der Waals surface area contributed by atoms with Gasteiger partial charge in [-0.15, -0.1) is 0 Å². The number of aryl methyl sites for hydroxylation is 1. The molecule has 0 amide bonds. The summed E-state index contributed by atoms with van der Waals surface area (Å²) in [6.07, 6.45) is 4.00. The number of hydrogen-bond acceptors (Lipinski definition) is 4. The van der Waals surface area contributed by atoms with Gasteiger partial charge >= 0.3 is 0 Å². The van der Waals surface area contributed by atoms with Crippen molar-refractivity contribution in [3.8, 4) is 11.5 Å². The molecule has 4 rings (SSSR count). The van der Waals surface area contributed by atoms with E-state index < -0.39 is 0 Å². The van der Waals surface area contributed by atoms with Crippen LogP contribution in [0.25, 0.3) is 11.5 Å². The summed E-state index contributed by atoms with van der Waals surface area (Å²) in [5.41, 5.74) is 4.24. The minimum Gasteiger partial charge on any atom is -0.497 e. The highest BCUT2D eigenvalue weighted by molar-refractivity contribution is 5.78. The molecule has 0 saturated carbocycles. The molecule has 0 fully saturated rings. The van der Waals surface area contributed by atoms with Gasteiger partial charge in [-0.1, -0.05) is 17.7 Å². The van der Waals surface area contributed by atoms with Crippen LogP contribution in [0.15, 0.2) is 85.2 Å². The second-order valence-corrected chi connectivity index (χ2v) is 6.79. The maximum absolute atomic E-state index is 6.28. The van der Waals surface area contributed by atoms with E-state index in [0.29, 0.717) is 0 Å². The van der Waals surface area contributed by atoms with Crippen LogP contribution in [-0.4, -0.2) is 14.2 Å². The summed E-state index contributed by atoms with van der Waals surface area (Å²) >= 11 is 0. The molecular weight excluding hydrogens is 362 g/mol. The molecule has 0 aromatic heterocycles. The van der Waals surface area contributed by atoms with Gasteiger partial charge in [-0.2, -0.15) is 0 Å². The number of nitrogens with zero attached hydrogens (tertiary/aromatic N) is 1. The van der Waals surface area contributed by atoms with Crippen molar-refractivity contribution in [1.29, 1.82) is 0 Å². The van der Waals surface area contributed by atoms with Crippen LogP contribution in [0.1, 0.15) is 16.7 Å². The van der Waals surface area contributed by atoms with Gasteiger partial charge in [0.1, 0.15) is 11.5 Å². The molecule has 4 heteroatoms. The van der Waals surface area contributed by atoms with Crippen LogP contribution >= 0.6 is 0 Å². The third kappa shape index (κ3) is 4.11. The molecule has 29 heavy (non-hydrogen) atoms. The standard InChI is InChI=1S/C25H23NO3/c1-18-4-10-21(11-5-18)26-16-24(19-6-12-22(27-2)13-7-19)29-25(17-26)20-8-14-23(28-3)15-9-20/h4-17H,1-3H3. The zero-order valence-electron chi connectivity index (χ0n) is 16.8. The van der Waals surface area contributed by atoms with E-state index in [1.165, 1.54) is 5.56 Å². The second kappa shape index (κ2) is 8.15. The summed E-state index contributed by atoms with van der Waals surface area (Å²) in [6, 6.07) is 24.1. The lowest BCUT2D eigenvalue weighted by molar-refractivity contribution is 0.414. The molecule has 1 aliphatic heterocycles. The number of hydrogen-bond donors (Lipinski definition) is 0. The summed E-state index contributed by atoms with van der Waals surface area (Å²) in [5, 5.41) is 0. The molecule has 0 spiro atoms. The van der Waals surface area contributed by atoms with Crippen molar-refractivity contribution in [2.75, 3.05) is 19.1 Å². The first-order chi connectivity index (χ1) is 14.2. The number of rotatable bonds is 5. The van der Waals surface area contributed by atoms with Crippen LogP contribution < -0.4 is 14.4 Å². The summed E-state index contributed by atoms with van der Waals surface area (Å²) < 4.78 is 16.8. The van der Waals surface area contributed by atoms with E-state index in [1.807, 2.05) is 60.9 Å². The highest BCUT2D eigenvalue weighted by atomic mass is 16.5. The van der Waals surface area contributed by atoms with Crippen LogP contribution in [-0.2, 0) is 4.74 Å². The molecule has 0 atom stereocenters. The Bertz CT molecular complexity index is 969. The lowest BCUT2D eigenvalue weighted by Gasteiger charge is -2.26. The van der Waals surface area contributed by atoms with E-state index in [4.69, 9.17) is 14.2 Å². The summed E-state index contributed by atoms with van der Waals surface area (Å²) in [6.45, 7) is 2.08. The van der Waals surface area contributed by atoms with Gasteiger partial charge in [0.2, 0.25) is 0 Å². The first-order valence-electron chi connectivity index (χ1n) is 9.41. The largest absolute Gasteiger partial charge is 0.497 e. The topological polar surface area (TPSA) is 30.9 Å². The molecule has 0 bridgehead atoms. The van der Waals surface area contributed by atoms with Crippen molar-refractivity contribution in [3.05, 3.63) is 102 Å². The number of anilines is 1. The van der Waals surface area contributed by atoms with Crippen LogP contribution in [0.2, 0.25) is 0 Å². The van der Waals surface area contributed by atoms with Gasteiger partial charge in [-0.25, -0.2) is 0 Å². The van der Waals surface area contributed by atoms with E-state index in [9.17, 15) is 0 Å². The molecule has 146 valence electrons. The Hall–Kier alpha value is -3.66. The number of benzene rings is 3. The molecule has 1 heterocycles. The summed E-state index contributed by atoms with van der Waals surface area (Å²) in [4.78, 5) is 2.09. The summed E-state index contributed by atoms with van der Waals surface area (Å²) in [7, 11) is 3.32. The Morgan fingerprint density at radius 2 is 1.07 bits per heavy atom. The SMILES string of the molecule is COc1ccc(C2=CN(c3ccc(C)cc3)C=C(c3ccc(OC)cc3)O2)cc1. The number of ether oxygens (including phenoxy) is 3. The summed E-state index contributed by atoms with van der Waals surface area (Å²) in [5.74, 6) is 3.15. The Balaban J connectivity index is 1.73. The van der Waals surface area contributed by atoms with E-state index in [2.05, 4.69) is 36.1 Å². The molecule has 4 nitrogen and oxygen atoms in total. The van der Waals surface area contributed by atoms with E-state index >= 15 is 0 Å². The van der Waals surface area contributed by atoms with E-state index in [1.54, 1.807) is 14.2 Å². The van der Waals surface area contributed by atoms with Crippen molar-refractivity contribution in [1.82, 2.24) is 0 Å². The minimum atomic E-state index is 0.765. The zero-order valence-corrected chi connectivity index (χ0v) is 16.8. The third-order valence-corrected chi connectivity index (χ3v) is 4.81. The second-order valence-electron chi connectivity index (χ2n) is 6.79. The predicted molar refractivity (Wildman–Crippen MR) is 117 cm³/mol. The lowest BCUT2D eigenvalue weighted by atomic mass is 10.1. The zero-order chi connectivity index (χ0) is 20.2. The Morgan fingerprint density at radius 1 is 0.621 bits per heavy atom. The highest BCUT2D eigenvalue weighted by Gasteiger charge is 2.18. The fourth-order valence-electron chi connectivity index (χ4n) is 3.10. The van der Waals surface area contributed by atoms with Crippen LogP contribution in [0.5, 0.6) is 11.5 Å². The Morgan fingerprint density at radius 3 is 1.48 bits per heavy atom. The van der Waals surface area contributed by atoms with Crippen LogP contribution in [0.3, 0.4) is 0 Å². The molecule has 0 radical (unpaired) electrons. The van der Waals surface area contributed by atoms with Gasteiger partial charge < -0.3 is 19.1 Å². The molecule has 0 saturated heterocycles. The fraction of sp³-hybridized carbons (Fsp3) is 0.120. The maximum atomic E-state index is 6.28. The van der Waals surface area contributed by atoms with Gasteiger partial charge in [0, 0.05) is 16.8 Å². The third-order valence-electron chi connectivity index (χ3n) is 4.81. The molecule has 3 aromatic rings. The van der Waals surface area contributed by atoms with Crippen LogP contribution in [0.4, 0.5) is 5.69 Å². The van der Waals surface area contributed by atoms with Gasteiger partial charge in [-0.3, -0.25) is 0 Å². The van der Waals surface area contributed by atoms with Crippen molar-refractivity contribution >= 4 is 17.2 Å². The monoisotopic (exact) mass is 385 g/mol. The van der Waals surface area contributed by atoms with E-state index in [-0.39, 0.29) is 0 Å². The smallest absolute Gasteiger partial charge is 0.151 e. The van der Waals surface area contributed by atoms with Gasteiger partial charge in [0.25, 0.3) is 0 Å². The van der Waals surface area contributed by atoms with Crippen molar-refractivity contribution in [3.63, 3.8) is 0 Å². The molecule has 0 N–H and O–H groups in total. The molecule has 0 unspecified atom stereocenters. The van der Waals surface area contributed by atoms with E-state index in [0.717, 1.165) is 39.8 Å². The molecule has 0 aliphatic carbocycles. The van der Waals surface area contributed by atoms with Gasteiger partial charge in [-0.05, 0) is 67.6 Å². The normalized spacial score (nSPS) is 13.3. The maximum Gasteiger partial charge on any atom is 0.151 e. The van der Waals surface area contributed by atoms with Crippen molar-refractivity contribution in [2.45, 2.75) is 6.92 Å². The fourth-order valence-corrected chi connectivity index (χ4v) is 3.10. The van der Waals surface area contributed by atoms with Gasteiger partial charge in [0.15, 0.2) is 11.5 Å². The molecule has 3 aromatic carbocycles. The number of methoxy groups -OCH3 is 2. The Kier molecular flexibility index (Phi) is 5.25. The first kappa shape index (κ1) is 18.7. The average Bonchev–Trinajstić information content (AvgIpc) is 2.79. The van der Waals surface area contributed by atoms with Crippen LogP contribution in [0, 0.1) is 6.92 Å². The Labute approximate surface area is 171 Å². The highest BCUT2D eigenvalue weighted by Crippen LogP contribution is 2.33. The predicted octanol–water partition coefficient (Wildman–Crippen LogP) is 5.85. The minimum absolute atomic E-state index is 0.765. The first-order valence-corrected chi connectivity index (χ1v) is 9.41. The average molecular weight is 385 g/mol. The molecule has 1 aliphatic rings. The molecular formula is C25H23NO3. The van der Waals surface area contributed by atoms with Crippen molar-refractivity contribution < 1.29 is 14.2 Å². The van der Waals surface area contributed by atoms with Crippen molar-refractivity contribution in [2.24, 2.45) is 0 Å².